The minimum Gasteiger partial charge on any atom is -0.276 e. The van der Waals surface area contributed by atoms with Crippen LogP contribution in [0, 0.1) is 27.2 Å². The topological polar surface area (TPSA) is 194 Å². The van der Waals surface area contributed by atoms with Crippen molar-refractivity contribution in [2.45, 2.75) is 13.3 Å². The number of aryl methyl sites for hydroxylation is 1. The second kappa shape index (κ2) is 10.4. The summed E-state index contributed by atoms with van der Waals surface area (Å²) in [6.45, 7) is 1.74. The van der Waals surface area contributed by atoms with Crippen LogP contribution < -0.4 is 21.7 Å². The molecule has 0 spiro atoms. The zero-order valence-electron chi connectivity index (χ0n) is 17.6. The van der Waals surface area contributed by atoms with Gasteiger partial charge in [0.05, 0.1) is 16.3 Å². The fourth-order valence-corrected chi connectivity index (χ4v) is 2.84. The van der Waals surface area contributed by atoms with Crippen LogP contribution in [0.1, 0.15) is 21.5 Å². The normalized spacial score (nSPS) is 10.1. The summed E-state index contributed by atoms with van der Waals surface area (Å²) in [6, 6.07) is 12.1. The van der Waals surface area contributed by atoms with Crippen LogP contribution >= 0.6 is 0 Å². The lowest BCUT2D eigenvalue weighted by Crippen LogP contribution is -2.33. The lowest BCUT2D eigenvalue weighted by molar-refractivity contribution is -0.384. The predicted octanol–water partition coefficient (Wildman–Crippen LogP) is 2.04. The molecule has 2 aromatic carbocycles. The fraction of sp³-hybridized carbons (Fsp3) is 0.100. The molecule has 3 aromatic rings. The number of nitrogens with one attached hydrogen (secondary N) is 4. The number of nitro groups is 2. The summed E-state index contributed by atoms with van der Waals surface area (Å²) in [7, 11) is 0. The molecule has 0 fully saturated rings. The maximum absolute atomic E-state index is 12.4. The molecular weight excluding hydrogens is 448 g/mol. The van der Waals surface area contributed by atoms with Crippen molar-refractivity contribution in [3.63, 3.8) is 0 Å². The number of benzene rings is 2. The van der Waals surface area contributed by atoms with Crippen LogP contribution in [0.2, 0.25) is 0 Å². The molecule has 1 heterocycles. The molecule has 14 heteroatoms. The Morgan fingerprint density at radius 3 is 2.09 bits per heavy atom. The van der Waals surface area contributed by atoms with E-state index in [4.69, 9.17) is 0 Å². The third-order valence-corrected chi connectivity index (χ3v) is 4.52. The SMILES string of the molecule is Cc1ccccc1C(=O)NNc1ncnc(NNC(=O)Cc2ccc([N+](=O)[O-])cc2)c1[N+](=O)[O-]. The van der Waals surface area contributed by atoms with E-state index in [1.54, 1.807) is 31.2 Å². The van der Waals surface area contributed by atoms with E-state index in [1.165, 1.54) is 24.3 Å². The van der Waals surface area contributed by atoms with Crippen LogP contribution in [-0.4, -0.2) is 31.6 Å². The largest absolute Gasteiger partial charge is 0.356 e. The van der Waals surface area contributed by atoms with Crippen molar-refractivity contribution in [1.82, 2.24) is 20.8 Å². The van der Waals surface area contributed by atoms with Gasteiger partial charge in [0.1, 0.15) is 6.33 Å². The highest BCUT2D eigenvalue weighted by Gasteiger charge is 2.24. The summed E-state index contributed by atoms with van der Waals surface area (Å²) in [5, 5.41) is 22.3. The molecule has 1 aromatic heterocycles. The van der Waals surface area contributed by atoms with Crippen molar-refractivity contribution in [2.75, 3.05) is 10.9 Å². The highest BCUT2D eigenvalue weighted by molar-refractivity contribution is 5.96. The van der Waals surface area contributed by atoms with Gasteiger partial charge >= 0.3 is 5.69 Å². The van der Waals surface area contributed by atoms with Crippen molar-refractivity contribution in [1.29, 1.82) is 0 Å². The molecule has 34 heavy (non-hydrogen) atoms. The Hall–Kier alpha value is -5.14. The van der Waals surface area contributed by atoms with Crippen LogP contribution in [-0.2, 0) is 11.2 Å². The highest BCUT2D eigenvalue weighted by atomic mass is 16.6. The van der Waals surface area contributed by atoms with Gasteiger partial charge in [-0.3, -0.25) is 51.5 Å². The van der Waals surface area contributed by atoms with Crippen molar-refractivity contribution in [3.05, 3.63) is 91.8 Å². The van der Waals surface area contributed by atoms with Gasteiger partial charge in [-0.05, 0) is 24.1 Å². The molecule has 0 unspecified atom stereocenters. The summed E-state index contributed by atoms with van der Waals surface area (Å²) < 4.78 is 0. The molecular formula is C20H18N8O6. The van der Waals surface area contributed by atoms with Gasteiger partial charge in [-0.1, -0.05) is 30.3 Å². The summed E-state index contributed by atoms with van der Waals surface area (Å²) in [5.41, 5.74) is 10.2. The van der Waals surface area contributed by atoms with Gasteiger partial charge in [0.15, 0.2) is 0 Å². The molecule has 3 rings (SSSR count). The number of amides is 2. The van der Waals surface area contributed by atoms with Crippen molar-refractivity contribution in [3.8, 4) is 0 Å². The first-order valence-electron chi connectivity index (χ1n) is 9.66. The molecule has 0 aliphatic rings. The number of non-ortho nitro benzene ring substituents is 1. The maximum atomic E-state index is 12.4. The average molecular weight is 466 g/mol. The molecule has 174 valence electrons. The van der Waals surface area contributed by atoms with Crippen LogP contribution in [0.4, 0.5) is 23.0 Å². The van der Waals surface area contributed by atoms with Gasteiger partial charge in [-0.15, -0.1) is 0 Å². The lowest BCUT2D eigenvalue weighted by atomic mass is 10.1. The van der Waals surface area contributed by atoms with E-state index >= 15 is 0 Å². The van der Waals surface area contributed by atoms with Crippen LogP contribution in [0.15, 0.2) is 54.9 Å². The summed E-state index contributed by atoms with van der Waals surface area (Å²) in [4.78, 5) is 53.0. The number of carbonyl (C=O) groups excluding carboxylic acids is 2. The zero-order chi connectivity index (χ0) is 24.7. The van der Waals surface area contributed by atoms with Gasteiger partial charge in [-0.25, -0.2) is 9.97 Å². The zero-order valence-corrected chi connectivity index (χ0v) is 17.6. The number of nitrogens with zero attached hydrogens (tertiary/aromatic N) is 4. The van der Waals surface area contributed by atoms with E-state index < -0.39 is 27.3 Å². The molecule has 0 aliphatic carbocycles. The molecule has 14 nitrogen and oxygen atoms in total. The Kier molecular flexibility index (Phi) is 7.23. The molecule has 0 bridgehead atoms. The van der Waals surface area contributed by atoms with E-state index in [2.05, 4.69) is 31.7 Å². The van der Waals surface area contributed by atoms with Crippen molar-refractivity contribution >= 4 is 34.8 Å². The van der Waals surface area contributed by atoms with E-state index in [0.717, 1.165) is 6.33 Å². The minimum atomic E-state index is -0.785. The Balaban J connectivity index is 1.66. The average Bonchev–Trinajstić information content (AvgIpc) is 2.81. The molecule has 0 saturated heterocycles. The van der Waals surface area contributed by atoms with Crippen LogP contribution in [0.25, 0.3) is 0 Å². The maximum Gasteiger partial charge on any atom is 0.356 e. The number of rotatable bonds is 9. The van der Waals surface area contributed by atoms with Crippen LogP contribution in [0.5, 0.6) is 0 Å². The second-order valence-corrected chi connectivity index (χ2v) is 6.84. The Bertz CT molecular complexity index is 1250. The lowest BCUT2D eigenvalue weighted by Gasteiger charge is -2.12. The smallest absolute Gasteiger partial charge is 0.276 e. The van der Waals surface area contributed by atoms with E-state index in [9.17, 15) is 29.8 Å². The third-order valence-electron chi connectivity index (χ3n) is 4.52. The molecule has 0 atom stereocenters. The fourth-order valence-electron chi connectivity index (χ4n) is 2.84. The summed E-state index contributed by atoms with van der Waals surface area (Å²) in [6.07, 6.45) is 0.849. The Morgan fingerprint density at radius 1 is 0.882 bits per heavy atom. The standard InChI is InChI=1S/C20H18N8O6/c1-12-4-2-3-5-15(12)20(30)26-25-19-17(28(33)34)18(21-11-22-19)24-23-16(29)10-13-6-8-14(9-7-13)27(31)32/h2-9,11H,10H2,1H3,(H,23,29)(H,26,30)(H2,21,22,24,25). The number of carbonyl (C=O) groups is 2. The van der Waals surface area contributed by atoms with Crippen molar-refractivity contribution in [2.24, 2.45) is 0 Å². The predicted molar refractivity (Wildman–Crippen MR) is 120 cm³/mol. The second-order valence-electron chi connectivity index (χ2n) is 6.84. The number of hydrazine groups is 2. The number of anilines is 2. The number of hydrogen-bond donors (Lipinski definition) is 4. The molecule has 2 amide bonds. The quantitative estimate of drug-likeness (QED) is 0.268. The first kappa shape index (κ1) is 23.5. The number of aromatic nitrogens is 2. The van der Waals surface area contributed by atoms with Crippen molar-refractivity contribution < 1.29 is 19.4 Å². The Morgan fingerprint density at radius 2 is 1.50 bits per heavy atom. The summed E-state index contributed by atoms with van der Waals surface area (Å²) in [5.74, 6) is -1.75. The van der Waals surface area contributed by atoms with E-state index in [0.29, 0.717) is 16.7 Å². The van der Waals surface area contributed by atoms with E-state index in [-0.39, 0.29) is 23.7 Å². The van der Waals surface area contributed by atoms with E-state index in [1.807, 2.05) is 0 Å². The summed E-state index contributed by atoms with van der Waals surface area (Å²) >= 11 is 0. The van der Waals surface area contributed by atoms with Gasteiger partial charge < -0.3 is 0 Å². The van der Waals surface area contributed by atoms with Gasteiger partial charge in [0, 0.05) is 17.7 Å². The van der Waals surface area contributed by atoms with Crippen LogP contribution in [0.3, 0.4) is 0 Å². The number of hydrogen-bond acceptors (Lipinski definition) is 10. The first-order chi connectivity index (χ1) is 16.3. The van der Waals surface area contributed by atoms with Gasteiger partial charge in [0.25, 0.3) is 11.6 Å². The highest BCUT2D eigenvalue weighted by Crippen LogP contribution is 2.27. The first-order valence-corrected chi connectivity index (χ1v) is 9.66. The van der Waals surface area contributed by atoms with Gasteiger partial charge in [-0.2, -0.15) is 0 Å². The van der Waals surface area contributed by atoms with Gasteiger partial charge in [0.2, 0.25) is 17.5 Å². The molecule has 0 radical (unpaired) electrons. The molecule has 4 N–H and O–H groups in total. The molecule has 0 aliphatic heterocycles. The Labute approximate surface area is 191 Å². The molecule has 0 saturated carbocycles. The minimum absolute atomic E-state index is 0.117. The third kappa shape index (κ3) is 5.76. The monoisotopic (exact) mass is 466 g/mol. The number of nitro benzene ring substituents is 1.